The Kier molecular flexibility index (Phi) is 4.07. The van der Waals surface area contributed by atoms with Gasteiger partial charge in [0.1, 0.15) is 0 Å². The van der Waals surface area contributed by atoms with Gasteiger partial charge in [0, 0.05) is 12.1 Å². The normalized spacial score (nSPS) is 27.6. The van der Waals surface area contributed by atoms with E-state index in [1.165, 1.54) is 51.4 Å². The fourth-order valence-corrected chi connectivity index (χ4v) is 3.34. The Morgan fingerprint density at radius 2 is 1.67 bits per heavy atom. The van der Waals surface area contributed by atoms with Gasteiger partial charge in [-0.05, 0) is 44.9 Å². The SMILES string of the molecule is CC(CC1CCC1)N[C@@H](C)C1CCCC1. The minimum Gasteiger partial charge on any atom is -0.311 e. The molecule has 0 aromatic heterocycles. The predicted octanol–water partition coefficient (Wildman–Crippen LogP) is 3.73. The second kappa shape index (κ2) is 5.34. The molecule has 1 unspecified atom stereocenters. The lowest BCUT2D eigenvalue weighted by Gasteiger charge is -2.31. The van der Waals surface area contributed by atoms with Crippen LogP contribution in [-0.4, -0.2) is 12.1 Å². The van der Waals surface area contributed by atoms with Crippen molar-refractivity contribution in [2.45, 2.75) is 77.3 Å². The molecule has 0 amide bonds. The molecule has 2 fully saturated rings. The van der Waals surface area contributed by atoms with Gasteiger partial charge in [-0.25, -0.2) is 0 Å². The number of rotatable bonds is 5. The second-order valence-corrected chi connectivity index (χ2v) is 5.93. The summed E-state index contributed by atoms with van der Waals surface area (Å²) in [5.74, 6) is 2.01. The van der Waals surface area contributed by atoms with E-state index in [1.807, 2.05) is 0 Å². The number of hydrogen-bond donors (Lipinski definition) is 1. The molecule has 2 aliphatic rings. The summed E-state index contributed by atoms with van der Waals surface area (Å²) >= 11 is 0. The summed E-state index contributed by atoms with van der Waals surface area (Å²) < 4.78 is 0. The highest BCUT2D eigenvalue weighted by Gasteiger charge is 2.24. The molecule has 1 nitrogen and oxygen atoms in total. The Balaban J connectivity index is 1.65. The molecule has 2 rings (SSSR count). The van der Waals surface area contributed by atoms with E-state index >= 15 is 0 Å². The summed E-state index contributed by atoms with van der Waals surface area (Å²) in [6.07, 6.45) is 11.7. The van der Waals surface area contributed by atoms with Crippen LogP contribution in [0.2, 0.25) is 0 Å². The number of nitrogens with one attached hydrogen (secondary N) is 1. The molecule has 0 aliphatic heterocycles. The van der Waals surface area contributed by atoms with Gasteiger partial charge >= 0.3 is 0 Å². The molecule has 1 N–H and O–H groups in total. The predicted molar refractivity (Wildman–Crippen MR) is 66.0 cm³/mol. The van der Waals surface area contributed by atoms with Crippen molar-refractivity contribution in [2.24, 2.45) is 11.8 Å². The van der Waals surface area contributed by atoms with Gasteiger partial charge in [0.2, 0.25) is 0 Å². The number of hydrogen-bond acceptors (Lipinski definition) is 1. The van der Waals surface area contributed by atoms with Gasteiger partial charge < -0.3 is 5.32 Å². The van der Waals surface area contributed by atoms with Crippen LogP contribution in [0.25, 0.3) is 0 Å². The highest BCUT2D eigenvalue weighted by atomic mass is 14.9. The van der Waals surface area contributed by atoms with Gasteiger partial charge in [0.05, 0.1) is 0 Å². The fourth-order valence-electron chi connectivity index (χ4n) is 3.34. The third kappa shape index (κ3) is 3.21. The second-order valence-electron chi connectivity index (χ2n) is 5.93. The van der Waals surface area contributed by atoms with Crippen LogP contribution in [-0.2, 0) is 0 Å². The van der Waals surface area contributed by atoms with Crippen molar-refractivity contribution in [1.29, 1.82) is 0 Å². The van der Waals surface area contributed by atoms with Gasteiger partial charge in [-0.15, -0.1) is 0 Å². The molecule has 2 atom stereocenters. The van der Waals surface area contributed by atoms with Gasteiger partial charge in [-0.1, -0.05) is 32.1 Å². The Labute approximate surface area is 95.0 Å². The third-order valence-electron chi connectivity index (χ3n) is 4.57. The van der Waals surface area contributed by atoms with Crippen molar-refractivity contribution in [2.75, 3.05) is 0 Å². The van der Waals surface area contributed by atoms with E-state index in [-0.39, 0.29) is 0 Å². The molecule has 15 heavy (non-hydrogen) atoms. The minimum atomic E-state index is 0.742. The molecule has 0 bridgehead atoms. The molecule has 88 valence electrons. The smallest absolute Gasteiger partial charge is 0.00694 e. The first-order chi connectivity index (χ1) is 7.25. The van der Waals surface area contributed by atoms with Crippen LogP contribution in [0, 0.1) is 11.8 Å². The zero-order valence-corrected chi connectivity index (χ0v) is 10.5. The van der Waals surface area contributed by atoms with Crippen molar-refractivity contribution in [3.63, 3.8) is 0 Å². The van der Waals surface area contributed by atoms with Crippen LogP contribution in [0.1, 0.15) is 65.2 Å². The molecular formula is C14H27N. The topological polar surface area (TPSA) is 12.0 Å². The third-order valence-corrected chi connectivity index (χ3v) is 4.57. The molecule has 2 saturated carbocycles. The van der Waals surface area contributed by atoms with E-state index in [0.29, 0.717) is 0 Å². The molecule has 0 aromatic carbocycles. The molecule has 0 aromatic rings. The Morgan fingerprint density at radius 1 is 1.00 bits per heavy atom. The lowest BCUT2D eigenvalue weighted by atomic mass is 9.81. The van der Waals surface area contributed by atoms with E-state index in [4.69, 9.17) is 0 Å². The maximum Gasteiger partial charge on any atom is 0.00694 e. The molecule has 0 radical (unpaired) electrons. The van der Waals surface area contributed by atoms with Crippen LogP contribution in [0.5, 0.6) is 0 Å². The van der Waals surface area contributed by atoms with Crippen molar-refractivity contribution >= 4 is 0 Å². The largest absolute Gasteiger partial charge is 0.311 e. The van der Waals surface area contributed by atoms with Crippen molar-refractivity contribution < 1.29 is 0 Å². The summed E-state index contributed by atoms with van der Waals surface area (Å²) in [4.78, 5) is 0. The molecule has 1 heteroatoms. The lowest BCUT2D eigenvalue weighted by molar-refractivity contribution is 0.246. The monoisotopic (exact) mass is 209 g/mol. The fraction of sp³-hybridized carbons (Fsp3) is 1.00. The first-order valence-corrected chi connectivity index (χ1v) is 7.01. The van der Waals surface area contributed by atoms with Crippen LogP contribution in [0.3, 0.4) is 0 Å². The van der Waals surface area contributed by atoms with E-state index in [1.54, 1.807) is 0 Å². The Morgan fingerprint density at radius 3 is 2.20 bits per heavy atom. The average Bonchev–Trinajstić information content (AvgIpc) is 2.64. The zero-order valence-electron chi connectivity index (χ0n) is 10.5. The van der Waals surface area contributed by atoms with Crippen LogP contribution < -0.4 is 5.32 Å². The molecule has 0 heterocycles. The molecule has 0 spiro atoms. The van der Waals surface area contributed by atoms with Gasteiger partial charge in [0.25, 0.3) is 0 Å². The van der Waals surface area contributed by atoms with Gasteiger partial charge in [-0.3, -0.25) is 0 Å². The van der Waals surface area contributed by atoms with Crippen molar-refractivity contribution in [3.05, 3.63) is 0 Å². The van der Waals surface area contributed by atoms with Crippen LogP contribution in [0.15, 0.2) is 0 Å². The summed E-state index contributed by atoms with van der Waals surface area (Å²) in [5.41, 5.74) is 0. The van der Waals surface area contributed by atoms with Crippen molar-refractivity contribution in [1.82, 2.24) is 5.32 Å². The van der Waals surface area contributed by atoms with E-state index in [2.05, 4.69) is 19.2 Å². The molecule has 0 saturated heterocycles. The Hall–Kier alpha value is -0.0400. The maximum absolute atomic E-state index is 3.82. The van der Waals surface area contributed by atoms with E-state index in [0.717, 1.165) is 23.9 Å². The van der Waals surface area contributed by atoms with Crippen LogP contribution in [0.4, 0.5) is 0 Å². The summed E-state index contributed by atoms with van der Waals surface area (Å²) in [7, 11) is 0. The summed E-state index contributed by atoms with van der Waals surface area (Å²) in [6, 6.07) is 1.49. The van der Waals surface area contributed by atoms with Gasteiger partial charge in [0.15, 0.2) is 0 Å². The van der Waals surface area contributed by atoms with Gasteiger partial charge in [-0.2, -0.15) is 0 Å². The first-order valence-electron chi connectivity index (χ1n) is 7.01. The highest BCUT2D eigenvalue weighted by molar-refractivity contribution is 4.81. The lowest BCUT2D eigenvalue weighted by Crippen LogP contribution is -2.40. The average molecular weight is 209 g/mol. The standard InChI is InChI=1S/C14H27N/c1-11(10-13-6-5-7-13)15-12(2)14-8-3-4-9-14/h11-15H,3-10H2,1-2H3/t11?,12-/m0/s1. The zero-order chi connectivity index (χ0) is 10.7. The van der Waals surface area contributed by atoms with E-state index in [9.17, 15) is 0 Å². The first kappa shape index (κ1) is 11.4. The Bertz CT molecular complexity index is 180. The van der Waals surface area contributed by atoms with Crippen molar-refractivity contribution in [3.8, 4) is 0 Å². The molecular weight excluding hydrogens is 182 g/mol. The maximum atomic E-state index is 3.82. The summed E-state index contributed by atoms with van der Waals surface area (Å²) in [6.45, 7) is 4.77. The summed E-state index contributed by atoms with van der Waals surface area (Å²) in [5, 5.41) is 3.82. The minimum absolute atomic E-state index is 0.742. The molecule has 2 aliphatic carbocycles. The van der Waals surface area contributed by atoms with Crippen LogP contribution >= 0.6 is 0 Å². The van der Waals surface area contributed by atoms with E-state index < -0.39 is 0 Å². The highest BCUT2D eigenvalue weighted by Crippen LogP contribution is 2.31. The quantitative estimate of drug-likeness (QED) is 0.727.